The maximum atomic E-state index is 12.1. The van der Waals surface area contributed by atoms with E-state index in [4.69, 9.17) is 11.6 Å². The summed E-state index contributed by atoms with van der Waals surface area (Å²) in [6.45, 7) is 3.11. The van der Waals surface area contributed by atoms with Gasteiger partial charge in [0.05, 0.1) is 0 Å². The molecular weight excluding hydrogens is 312 g/mol. The summed E-state index contributed by atoms with van der Waals surface area (Å²) in [6.07, 6.45) is 5.52. The van der Waals surface area contributed by atoms with Crippen molar-refractivity contribution in [1.29, 1.82) is 0 Å². The van der Waals surface area contributed by atoms with Crippen LogP contribution >= 0.6 is 11.6 Å². The lowest BCUT2D eigenvalue weighted by Crippen LogP contribution is -2.39. The number of halogens is 1. The van der Waals surface area contributed by atoms with Gasteiger partial charge in [-0.15, -0.1) is 0 Å². The van der Waals surface area contributed by atoms with Crippen LogP contribution in [-0.2, 0) is 16.1 Å². The maximum absolute atomic E-state index is 12.1. The van der Waals surface area contributed by atoms with Crippen LogP contribution in [0, 0.1) is 5.92 Å². The van der Waals surface area contributed by atoms with Gasteiger partial charge in [0.25, 0.3) is 0 Å². The molecule has 0 heterocycles. The Labute approximate surface area is 143 Å². The summed E-state index contributed by atoms with van der Waals surface area (Å²) < 4.78 is 0. The summed E-state index contributed by atoms with van der Waals surface area (Å²) in [7, 11) is 0. The van der Waals surface area contributed by atoms with Crippen LogP contribution in [0.5, 0.6) is 0 Å². The highest BCUT2D eigenvalue weighted by atomic mass is 35.5. The van der Waals surface area contributed by atoms with Crippen LogP contribution in [0.2, 0.25) is 5.02 Å². The summed E-state index contributed by atoms with van der Waals surface area (Å²) in [5.74, 6) is 0.303. The van der Waals surface area contributed by atoms with Gasteiger partial charge < -0.3 is 10.2 Å². The molecule has 0 aromatic heterocycles. The molecule has 0 unspecified atom stereocenters. The molecule has 0 saturated heterocycles. The Hall–Kier alpha value is -1.55. The lowest BCUT2D eigenvalue weighted by atomic mass is 9.89. The Bertz CT molecular complexity index is 524. The van der Waals surface area contributed by atoms with Gasteiger partial charge in [0.2, 0.25) is 11.8 Å². The fourth-order valence-electron chi connectivity index (χ4n) is 2.98. The first kappa shape index (κ1) is 17.8. The average molecular weight is 337 g/mol. The van der Waals surface area contributed by atoms with Gasteiger partial charge in [0.1, 0.15) is 0 Å². The molecule has 0 radical (unpaired) electrons. The standard InChI is InChI=1S/C18H25ClN2O2/c1-14(22)21(13-15-7-9-17(19)10-8-15)12-11-20-18(23)16-5-3-2-4-6-16/h7-10,16H,2-6,11-13H2,1H3,(H,20,23). The number of benzene rings is 1. The van der Waals surface area contributed by atoms with Crippen LogP contribution in [0.3, 0.4) is 0 Å². The van der Waals surface area contributed by atoms with Crippen LogP contribution in [0.15, 0.2) is 24.3 Å². The first-order chi connectivity index (χ1) is 11.1. The predicted molar refractivity (Wildman–Crippen MR) is 92.1 cm³/mol. The SMILES string of the molecule is CC(=O)N(CCNC(=O)C1CCCCC1)Cc1ccc(Cl)cc1. The first-order valence-electron chi connectivity index (χ1n) is 8.34. The van der Waals surface area contributed by atoms with Gasteiger partial charge in [-0.2, -0.15) is 0 Å². The lowest BCUT2D eigenvalue weighted by molar-refractivity contribution is -0.130. The van der Waals surface area contributed by atoms with Crippen LogP contribution in [0.1, 0.15) is 44.6 Å². The van der Waals surface area contributed by atoms with E-state index in [0.717, 1.165) is 31.2 Å². The second-order valence-corrected chi connectivity index (χ2v) is 6.63. The average Bonchev–Trinajstić information content (AvgIpc) is 2.56. The summed E-state index contributed by atoms with van der Waals surface area (Å²) in [5.41, 5.74) is 1.03. The third-order valence-corrected chi connectivity index (χ3v) is 4.64. The number of hydrogen-bond donors (Lipinski definition) is 1. The van der Waals surface area contributed by atoms with E-state index >= 15 is 0 Å². The number of amides is 2. The van der Waals surface area contributed by atoms with Crippen molar-refractivity contribution < 1.29 is 9.59 Å². The predicted octanol–water partition coefficient (Wildman–Crippen LogP) is 3.39. The molecule has 1 aromatic rings. The van der Waals surface area contributed by atoms with Crippen LogP contribution in [0.25, 0.3) is 0 Å². The Morgan fingerprint density at radius 3 is 2.43 bits per heavy atom. The van der Waals surface area contributed by atoms with Crippen molar-refractivity contribution >= 4 is 23.4 Å². The van der Waals surface area contributed by atoms with Crippen molar-refractivity contribution in [1.82, 2.24) is 10.2 Å². The second kappa shape index (κ2) is 8.92. The summed E-state index contributed by atoms with van der Waals surface area (Å²) >= 11 is 5.87. The number of nitrogens with zero attached hydrogens (tertiary/aromatic N) is 1. The normalized spacial score (nSPS) is 15.2. The topological polar surface area (TPSA) is 49.4 Å². The third-order valence-electron chi connectivity index (χ3n) is 4.39. The molecule has 1 aliphatic rings. The van der Waals surface area contributed by atoms with Crippen molar-refractivity contribution in [2.45, 2.75) is 45.6 Å². The molecule has 2 amide bonds. The summed E-state index contributed by atoms with van der Waals surface area (Å²) in [4.78, 5) is 25.6. The minimum Gasteiger partial charge on any atom is -0.354 e. The van der Waals surface area contributed by atoms with E-state index in [1.165, 1.54) is 6.42 Å². The zero-order chi connectivity index (χ0) is 16.7. The van der Waals surface area contributed by atoms with Crippen molar-refractivity contribution in [3.05, 3.63) is 34.9 Å². The second-order valence-electron chi connectivity index (χ2n) is 6.19. The van der Waals surface area contributed by atoms with E-state index in [2.05, 4.69) is 5.32 Å². The lowest BCUT2D eigenvalue weighted by Gasteiger charge is -2.24. The zero-order valence-corrected chi connectivity index (χ0v) is 14.4. The first-order valence-corrected chi connectivity index (χ1v) is 8.71. The Morgan fingerprint density at radius 1 is 1.17 bits per heavy atom. The molecule has 126 valence electrons. The van der Waals surface area contributed by atoms with E-state index in [-0.39, 0.29) is 17.7 Å². The number of nitrogens with one attached hydrogen (secondary N) is 1. The van der Waals surface area contributed by atoms with E-state index in [1.807, 2.05) is 24.3 Å². The number of hydrogen-bond acceptors (Lipinski definition) is 2. The monoisotopic (exact) mass is 336 g/mol. The largest absolute Gasteiger partial charge is 0.354 e. The molecule has 0 spiro atoms. The van der Waals surface area contributed by atoms with Crippen molar-refractivity contribution in [2.24, 2.45) is 5.92 Å². The highest BCUT2D eigenvalue weighted by Crippen LogP contribution is 2.23. The van der Waals surface area contributed by atoms with Gasteiger partial charge in [0.15, 0.2) is 0 Å². The van der Waals surface area contributed by atoms with E-state index in [9.17, 15) is 9.59 Å². The summed E-state index contributed by atoms with van der Waals surface area (Å²) in [6, 6.07) is 7.47. The van der Waals surface area contributed by atoms with E-state index < -0.39 is 0 Å². The fraction of sp³-hybridized carbons (Fsp3) is 0.556. The molecule has 4 nitrogen and oxygen atoms in total. The van der Waals surface area contributed by atoms with Gasteiger partial charge in [-0.05, 0) is 30.5 Å². The van der Waals surface area contributed by atoms with Gasteiger partial charge in [-0.3, -0.25) is 9.59 Å². The van der Waals surface area contributed by atoms with Crippen LogP contribution in [-0.4, -0.2) is 29.8 Å². The Balaban J connectivity index is 1.79. The molecule has 1 fully saturated rings. The molecule has 1 saturated carbocycles. The van der Waals surface area contributed by atoms with Crippen LogP contribution < -0.4 is 5.32 Å². The van der Waals surface area contributed by atoms with Crippen molar-refractivity contribution in [3.63, 3.8) is 0 Å². The van der Waals surface area contributed by atoms with Gasteiger partial charge in [-0.25, -0.2) is 0 Å². The summed E-state index contributed by atoms with van der Waals surface area (Å²) in [5, 5.41) is 3.66. The third kappa shape index (κ3) is 5.87. The van der Waals surface area contributed by atoms with E-state index in [1.54, 1.807) is 11.8 Å². The minimum atomic E-state index is 0.00636. The molecule has 23 heavy (non-hydrogen) atoms. The zero-order valence-electron chi connectivity index (χ0n) is 13.7. The van der Waals surface area contributed by atoms with Crippen molar-refractivity contribution in [2.75, 3.05) is 13.1 Å². The number of carbonyl (C=O) groups excluding carboxylic acids is 2. The van der Waals surface area contributed by atoms with Gasteiger partial charge in [0, 0.05) is 37.5 Å². The molecule has 0 aliphatic heterocycles. The van der Waals surface area contributed by atoms with Crippen molar-refractivity contribution in [3.8, 4) is 0 Å². The van der Waals surface area contributed by atoms with Gasteiger partial charge in [-0.1, -0.05) is 43.0 Å². The molecule has 0 atom stereocenters. The molecule has 1 aromatic carbocycles. The Kier molecular flexibility index (Phi) is 6.90. The highest BCUT2D eigenvalue weighted by molar-refractivity contribution is 6.30. The molecule has 0 bridgehead atoms. The quantitative estimate of drug-likeness (QED) is 0.865. The number of carbonyl (C=O) groups is 2. The molecule has 1 aliphatic carbocycles. The minimum absolute atomic E-state index is 0.00636. The van der Waals surface area contributed by atoms with Gasteiger partial charge >= 0.3 is 0 Å². The highest BCUT2D eigenvalue weighted by Gasteiger charge is 2.20. The molecule has 5 heteroatoms. The fourth-order valence-corrected chi connectivity index (χ4v) is 3.11. The van der Waals surface area contributed by atoms with E-state index in [0.29, 0.717) is 24.7 Å². The maximum Gasteiger partial charge on any atom is 0.223 e. The molecule has 1 N–H and O–H groups in total. The smallest absolute Gasteiger partial charge is 0.223 e. The Morgan fingerprint density at radius 2 is 1.83 bits per heavy atom. The molecule has 2 rings (SSSR count). The number of rotatable bonds is 6. The van der Waals surface area contributed by atoms with Crippen LogP contribution in [0.4, 0.5) is 0 Å². The molecular formula is C18H25ClN2O2.